The molecule has 0 aliphatic carbocycles. The highest BCUT2D eigenvalue weighted by Gasteiger charge is 2.23. The topological polar surface area (TPSA) is 32.3 Å². The maximum atomic E-state index is 11.0. The summed E-state index contributed by atoms with van der Waals surface area (Å²) in [5.41, 5.74) is 5.72. The third kappa shape index (κ3) is 2.09. The summed E-state index contributed by atoms with van der Waals surface area (Å²) in [5, 5.41) is 2.90. The highest BCUT2D eigenvalue weighted by molar-refractivity contribution is 5.73. The summed E-state index contributed by atoms with van der Waals surface area (Å²) in [4.78, 5) is 13.5. The average Bonchev–Trinajstić information content (AvgIpc) is 2.37. The van der Waals surface area contributed by atoms with Crippen molar-refractivity contribution in [3.8, 4) is 0 Å². The lowest BCUT2D eigenvalue weighted by atomic mass is 9.90. The number of aryl methyl sites for hydroxylation is 2. The molecule has 1 aromatic rings. The molecule has 1 amide bonds. The van der Waals surface area contributed by atoms with E-state index in [1.807, 2.05) is 0 Å². The van der Waals surface area contributed by atoms with Crippen LogP contribution in [0.5, 0.6) is 0 Å². The molecule has 0 fully saturated rings. The Morgan fingerprint density at radius 2 is 1.83 bits per heavy atom. The van der Waals surface area contributed by atoms with Crippen LogP contribution in [0.4, 0.5) is 5.69 Å². The number of nitrogens with one attached hydrogen (secondary N) is 1. The second-order valence-electron chi connectivity index (χ2n) is 5.37. The fraction of sp³-hybridized carbons (Fsp3) is 0.533. The van der Waals surface area contributed by atoms with Crippen molar-refractivity contribution in [1.29, 1.82) is 0 Å². The largest absolute Gasteiger partial charge is 0.371 e. The second kappa shape index (κ2) is 4.63. The van der Waals surface area contributed by atoms with Crippen LogP contribution < -0.4 is 10.2 Å². The molecule has 0 saturated heterocycles. The first-order chi connectivity index (χ1) is 8.74. The minimum Gasteiger partial charge on any atom is -0.371 e. The van der Waals surface area contributed by atoms with Gasteiger partial charge in [-0.3, -0.25) is 4.79 Å². The summed E-state index contributed by atoms with van der Waals surface area (Å²) in [6, 6.07) is 4.57. The quantitative estimate of drug-likeness (QED) is 0.863. The lowest BCUT2D eigenvalue weighted by Gasteiger charge is -2.37. The van der Waals surface area contributed by atoms with Crippen LogP contribution in [-0.2, 0) is 24.2 Å². The summed E-state index contributed by atoms with van der Waals surface area (Å²) in [5.74, 6) is 0.0444. The van der Waals surface area contributed by atoms with Gasteiger partial charge in [0.25, 0.3) is 0 Å². The average molecular weight is 244 g/mol. The SMILES string of the molecule is CC(=O)NCc1cc2c3c(c1)CCCN3CCC2. The van der Waals surface area contributed by atoms with Gasteiger partial charge in [0.05, 0.1) is 0 Å². The predicted molar refractivity (Wildman–Crippen MR) is 72.8 cm³/mol. The van der Waals surface area contributed by atoms with E-state index in [1.54, 1.807) is 6.92 Å². The van der Waals surface area contributed by atoms with Gasteiger partial charge in [0, 0.05) is 32.2 Å². The van der Waals surface area contributed by atoms with Gasteiger partial charge in [-0.05, 0) is 42.4 Å². The van der Waals surface area contributed by atoms with Gasteiger partial charge in [-0.1, -0.05) is 12.1 Å². The monoisotopic (exact) mass is 244 g/mol. The molecular formula is C15H20N2O. The summed E-state index contributed by atoms with van der Waals surface area (Å²) in [7, 11) is 0. The molecule has 0 unspecified atom stereocenters. The van der Waals surface area contributed by atoms with Crippen molar-refractivity contribution >= 4 is 11.6 Å². The van der Waals surface area contributed by atoms with E-state index in [0.717, 1.165) is 0 Å². The maximum Gasteiger partial charge on any atom is 0.217 e. The fourth-order valence-electron chi connectivity index (χ4n) is 3.20. The zero-order valence-electron chi connectivity index (χ0n) is 11.0. The molecule has 1 aromatic carbocycles. The smallest absolute Gasteiger partial charge is 0.217 e. The van der Waals surface area contributed by atoms with Crippen molar-refractivity contribution < 1.29 is 4.79 Å². The van der Waals surface area contributed by atoms with E-state index >= 15 is 0 Å². The van der Waals surface area contributed by atoms with E-state index < -0.39 is 0 Å². The number of benzene rings is 1. The van der Waals surface area contributed by atoms with Crippen LogP contribution in [0.15, 0.2) is 12.1 Å². The molecule has 0 bridgehead atoms. The lowest BCUT2D eigenvalue weighted by molar-refractivity contribution is -0.119. The molecule has 3 heteroatoms. The van der Waals surface area contributed by atoms with Crippen molar-refractivity contribution in [2.45, 2.75) is 39.2 Å². The maximum absolute atomic E-state index is 11.0. The van der Waals surface area contributed by atoms with Crippen LogP contribution in [0.3, 0.4) is 0 Å². The summed E-state index contributed by atoms with van der Waals surface area (Å²) in [6.07, 6.45) is 4.89. The van der Waals surface area contributed by atoms with Gasteiger partial charge >= 0.3 is 0 Å². The molecule has 0 atom stereocenters. The third-order valence-corrected chi connectivity index (χ3v) is 3.93. The highest BCUT2D eigenvalue weighted by atomic mass is 16.1. The van der Waals surface area contributed by atoms with Gasteiger partial charge in [-0.15, -0.1) is 0 Å². The molecule has 3 rings (SSSR count). The van der Waals surface area contributed by atoms with Gasteiger partial charge in [-0.2, -0.15) is 0 Å². The molecule has 2 aliphatic heterocycles. The van der Waals surface area contributed by atoms with Crippen molar-refractivity contribution in [2.75, 3.05) is 18.0 Å². The van der Waals surface area contributed by atoms with Crippen LogP contribution in [0, 0.1) is 0 Å². The predicted octanol–water partition coefficient (Wildman–Crippen LogP) is 2.02. The molecule has 0 spiro atoms. The Kier molecular flexibility index (Phi) is 2.98. The number of nitrogens with zero attached hydrogens (tertiary/aromatic N) is 1. The van der Waals surface area contributed by atoms with Gasteiger partial charge in [0.2, 0.25) is 5.91 Å². The number of anilines is 1. The van der Waals surface area contributed by atoms with Gasteiger partial charge in [0.15, 0.2) is 0 Å². The van der Waals surface area contributed by atoms with Crippen molar-refractivity contribution in [3.05, 3.63) is 28.8 Å². The first-order valence-corrected chi connectivity index (χ1v) is 6.88. The van der Waals surface area contributed by atoms with E-state index in [4.69, 9.17) is 0 Å². The normalized spacial score (nSPS) is 17.3. The fourth-order valence-corrected chi connectivity index (χ4v) is 3.20. The van der Waals surface area contributed by atoms with E-state index in [9.17, 15) is 4.79 Å². The summed E-state index contributed by atoms with van der Waals surface area (Å²) >= 11 is 0. The zero-order valence-corrected chi connectivity index (χ0v) is 11.0. The molecule has 0 saturated carbocycles. The lowest BCUT2D eigenvalue weighted by Crippen LogP contribution is -2.34. The Balaban J connectivity index is 1.93. The van der Waals surface area contributed by atoms with Gasteiger partial charge in [0.1, 0.15) is 0 Å². The number of carbonyl (C=O) groups excluding carboxylic acids is 1. The van der Waals surface area contributed by atoms with E-state index in [2.05, 4.69) is 22.3 Å². The standard InChI is InChI=1S/C15H20N2O/c1-11(18)16-10-12-8-13-4-2-6-17-7-3-5-14(9-12)15(13)17/h8-9H,2-7,10H2,1H3,(H,16,18). The van der Waals surface area contributed by atoms with E-state index in [1.165, 1.54) is 61.2 Å². The number of amides is 1. The van der Waals surface area contributed by atoms with Crippen LogP contribution in [0.1, 0.15) is 36.5 Å². The third-order valence-electron chi connectivity index (χ3n) is 3.93. The Labute approximate surface area is 108 Å². The number of carbonyl (C=O) groups is 1. The molecule has 2 heterocycles. The minimum atomic E-state index is 0.0444. The van der Waals surface area contributed by atoms with Crippen LogP contribution in [0.2, 0.25) is 0 Å². The Hall–Kier alpha value is -1.51. The van der Waals surface area contributed by atoms with Gasteiger partial charge in [-0.25, -0.2) is 0 Å². The molecular weight excluding hydrogens is 224 g/mol. The van der Waals surface area contributed by atoms with Crippen molar-refractivity contribution in [1.82, 2.24) is 5.32 Å². The minimum absolute atomic E-state index is 0.0444. The number of hydrogen-bond donors (Lipinski definition) is 1. The highest BCUT2D eigenvalue weighted by Crippen LogP contribution is 2.35. The molecule has 96 valence electrons. The van der Waals surface area contributed by atoms with E-state index in [0.29, 0.717) is 6.54 Å². The van der Waals surface area contributed by atoms with Crippen LogP contribution in [0.25, 0.3) is 0 Å². The zero-order chi connectivity index (χ0) is 12.5. The van der Waals surface area contributed by atoms with Crippen molar-refractivity contribution in [2.24, 2.45) is 0 Å². The Morgan fingerprint density at radius 3 is 2.39 bits per heavy atom. The molecule has 0 radical (unpaired) electrons. The van der Waals surface area contributed by atoms with Crippen molar-refractivity contribution in [3.63, 3.8) is 0 Å². The number of rotatable bonds is 2. The van der Waals surface area contributed by atoms with Gasteiger partial charge < -0.3 is 10.2 Å². The molecule has 3 nitrogen and oxygen atoms in total. The Bertz CT molecular complexity index is 450. The molecule has 0 aromatic heterocycles. The Morgan fingerprint density at radius 1 is 1.22 bits per heavy atom. The summed E-state index contributed by atoms with van der Waals surface area (Å²) in [6.45, 7) is 4.66. The first-order valence-electron chi connectivity index (χ1n) is 6.88. The number of hydrogen-bond acceptors (Lipinski definition) is 2. The molecule has 2 aliphatic rings. The molecule has 18 heavy (non-hydrogen) atoms. The van der Waals surface area contributed by atoms with Crippen LogP contribution in [-0.4, -0.2) is 19.0 Å². The summed E-state index contributed by atoms with van der Waals surface area (Å²) < 4.78 is 0. The molecule has 1 N–H and O–H groups in total. The van der Waals surface area contributed by atoms with E-state index in [-0.39, 0.29) is 5.91 Å². The van der Waals surface area contributed by atoms with Crippen LogP contribution >= 0.6 is 0 Å². The first kappa shape index (κ1) is 11.6. The second-order valence-corrected chi connectivity index (χ2v) is 5.37.